The topological polar surface area (TPSA) is 31.2 Å². The fourth-order valence-electron chi connectivity index (χ4n) is 2.14. The van der Waals surface area contributed by atoms with Crippen molar-refractivity contribution in [2.24, 2.45) is 0 Å². The molecule has 0 radical (unpaired) electrons. The van der Waals surface area contributed by atoms with Gasteiger partial charge < -0.3 is 9.30 Å². The molecule has 0 aliphatic carbocycles. The van der Waals surface area contributed by atoms with E-state index in [1.807, 2.05) is 42.0 Å². The van der Waals surface area contributed by atoms with E-state index in [9.17, 15) is 4.79 Å². The van der Waals surface area contributed by atoms with Crippen LogP contribution in [-0.4, -0.2) is 17.1 Å². The highest BCUT2D eigenvalue weighted by Gasteiger charge is 2.16. The molecule has 0 saturated carbocycles. The number of esters is 1. The number of hydrogen-bond acceptors (Lipinski definition) is 2. The Balaban J connectivity index is 2.32. The Bertz CT molecular complexity index is 570. The van der Waals surface area contributed by atoms with Gasteiger partial charge in [-0.15, -0.1) is 0 Å². The lowest BCUT2D eigenvalue weighted by molar-refractivity contribution is 0.0514. The van der Waals surface area contributed by atoms with E-state index in [0.717, 1.165) is 5.56 Å². The molecule has 0 spiro atoms. The van der Waals surface area contributed by atoms with E-state index >= 15 is 0 Å². The molecule has 0 amide bonds. The van der Waals surface area contributed by atoms with E-state index in [-0.39, 0.29) is 5.97 Å². The molecule has 2 aromatic rings. The summed E-state index contributed by atoms with van der Waals surface area (Å²) in [6.45, 7) is 7.15. The lowest BCUT2D eigenvalue weighted by atomic mass is 10.1. The highest BCUT2D eigenvalue weighted by Crippen LogP contribution is 2.20. The third-order valence-electron chi connectivity index (χ3n) is 3.26. The monoisotopic (exact) mass is 271 g/mol. The zero-order chi connectivity index (χ0) is 14.5. The van der Waals surface area contributed by atoms with E-state index in [1.54, 1.807) is 0 Å². The average Bonchev–Trinajstić information content (AvgIpc) is 2.84. The molecule has 1 aromatic carbocycles. The van der Waals surface area contributed by atoms with Crippen LogP contribution in [0.1, 0.15) is 48.3 Å². The summed E-state index contributed by atoms with van der Waals surface area (Å²) >= 11 is 0. The van der Waals surface area contributed by atoms with Crippen LogP contribution in [0.25, 0.3) is 0 Å². The minimum atomic E-state index is -0.254. The van der Waals surface area contributed by atoms with E-state index in [0.29, 0.717) is 24.8 Å². The summed E-state index contributed by atoms with van der Waals surface area (Å²) in [6, 6.07) is 12.1. The Morgan fingerprint density at radius 2 is 1.95 bits per heavy atom. The number of carbonyl (C=O) groups is 1. The zero-order valence-electron chi connectivity index (χ0n) is 12.3. The van der Waals surface area contributed by atoms with Crippen molar-refractivity contribution in [1.82, 2.24) is 4.57 Å². The van der Waals surface area contributed by atoms with E-state index in [1.165, 1.54) is 5.56 Å². The average molecular weight is 271 g/mol. The van der Waals surface area contributed by atoms with Crippen LogP contribution in [0.15, 0.2) is 42.6 Å². The third kappa shape index (κ3) is 3.29. The summed E-state index contributed by atoms with van der Waals surface area (Å²) in [5, 5.41) is 0. The van der Waals surface area contributed by atoms with E-state index < -0.39 is 0 Å². The quantitative estimate of drug-likeness (QED) is 0.774. The maximum absolute atomic E-state index is 12.0. The van der Waals surface area contributed by atoms with Gasteiger partial charge in [0, 0.05) is 12.7 Å². The molecule has 0 unspecified atom stereocenters. The highest BCUT2D eigenvalue weighted by atomic mass is 16.5. The van der Waals surface area contributed by atoms with E-state index in [4.69, 9.17) is 4.74 Å². The molecule has 20 heavy (non-hydrogen) atoms. The predicted octanol–water partition coefficient (Wildman–Crippen LogP) is 3.84. The van der Waals surface area contributed by atoms with Crippen molar-refractivity contribution >= 4 is 5.97 Å². The highest BCUT2D eigenvalue weighted by molar-refractivity contribution is 5.88. The van der Waals surface area contributed by atoms with Gasteiger partial charge in [0.05, 0.1) is 6.61 Å². The molecule has 1 heterocycles. The van der Waals surface area contributed by atoms with Crippen molar-refractivity contribution in [2.45, 2.75) is 33.2 Å². The molecule has 2 rings (SSSR count). The van der Waals surface area contributed by atoms with Gasteiger partial charge in [0.2, 0.25) is 0 Å². The zero-order valence-corrected chi connectivity index (χ0v) is 12.3. The van der Waals surface area contributed by atoms with Gasteiger partial charge in [0.15, 0.2) is 0 Å². The molecule has 0 fully saturated rings. The molecule has 0 bridgehead atoms. The number of nitrogens with zero attached hydrogens (tertiary/aromatic N) is 1. The number of benzene rings is 1. The summed E-state index contributed by atoms with van der Waals surface area (Å²) in [4.78, 5) is 12.0. The first-order chi connectivity index (χ1) is 9.61. The van der Waals surface area contributed by atoms with Crippen molar-refractivity contribution in [2.75, 3.05) is 6.61 Å². The summed E-state index contributed by atoms with van der Waals surface area (Å²) in [5.41, 5.74) is 2.95. The van der Waals surface area contributed by atoms with Crippen LogP contribution in [0.2, 0.25) is 0 Å². The predicted molar refractivity (Wildman–Crippen MR) is 80.0 cm³/mol. The van der Waals surface area contributed by atoms with Gasteiger partial charge >= 0.3 is 5.97 Å². The van der Waals surface area contributed by atoms with Crippen LogP contribution in [0.4, 0.5) is 0 Å². The first-order valence-electron chi connectivity index (χ1n) is 7.03. The number of hydrogen-bond donors (Lipinski definition) is 0. The van der Waals surface area contributed by atoms with Crippen molar-refractivity contribution in [1.29, 1.82) is 0 Å². The molecule has 3 heteroatoms. The van der Waals surface area contributed by atoms with Crippen LogP contribution in [0.5, 0.6) is 0 Å². The Labute approximate surface area is 120 Å². The van der Waals surface area contributed by atoms with Gasteiger partial charge in [-0.05, 0) is 30.0 Å². The molecular weight excluding hydrogens is 250 g/mol. The third-order valence-corrected chi connectivity index (χ3v) is 3.26. The minimum absolute atomic E-state index is 0.254. The molecule has 3 nitrogen and oxygen atoms in total. The molecule has 1 aromatic heterocycles. The maximum atomic E-state index is 12.0. The molecule has 106 valence electrons. The van der Waals surface area contributed by atoms with Gasteiger partial charge in [-0.25, -0.2) is 4.79 Å². The summed E-state index contributed by atoms with van der Waals surface area (Å²) in [5.74, 6) is 0.135. The maximum Gasteiger partial charge on any atom is 0.354 e. The second kappa shape index (κ2) is 6.42. The van der Waals surface area contributed by atoms with Crippen molar-refractivity contribution in [3.05, 3.63) is 59.4 Å². The SMILES string of the molecule is CCOC(=O)c1cc(C(C)C)cn1Cc1ccccc1. The van der Waals surface area contributed by atoms with Crippen LogP contribution < -0.4 is 0 Å². The first kappa shape index (κ1) is 14.4. The lowest BCUT2D eigenvalue weighted by Gasteiger charge is -2.08. The molecule has 0 saturated heterocycles. The fourth-order valence-corrected chi connectivity index (χ4v) is 2.14. The molecule has 0 aliphatic heterocycles. The van der Waals surface area contributed by atoms with Crippen molar-refractivity contribution in [3.63, 3.8) is 0 Å². The van der Waals surface area contributed by atoms with Crippen LogP contribution >= 0.6 is 0 Å². The van der Waals surface area contributed by atoms with Crippen LogP contribution in [-0.2, 0) is 11.3 Å². The summed E-state index contributed by atoms with van der Waals surface area (Å²) in [7, 11) is 0. The van der Waals surface area contributed by atoms with Gasteiger partial charge in [-0.1, -0.05) is 44.2 Å². The minimum Gasteiger partial charge on any atom is -0.461 e. The number of carbonyl (C=O) groups excluding carboxylic acids is 1. The molecule has 0 N–H and O–H groups in total. The first-order valence-corrected chi connectivity index (χ1v) is 7.03. The lowest BCUT2D eigenvalue weighted by Crippen LogP contribution is -2.12. The second-order valence-electron chi connectivity index (χ2n) is 5.15. The smallest absolute Gasteiger partial charge is 0.354 e. The second-order valence-corrected chi connectivity index (χ2v) is 5.15. The molecule has 0 atom stereocenters. The molecule has 0 aliphatic rings. The fraction of sp³-hybridized carbons (Fsp3) is 0.353. The largest absolute Gasteiger partial charge is 0.461 e. The van der Waals surface area contributed by atoms with Crippen LogP contribution in [0, 0.1) is 0 Å². The Kier molecular flexibility index (Phi) is 4.61. The van der Waals surface area contributed by atoms with Crippen molar-refractivity contribution < 1.29 is 9.53 Å². The number of ether oxygens (including phenoxy) is 1. The Morgan fingerprint density at radius 1 is 1.25 bits per heavy atom. The summed E-state index contributed by atoms with van der Waals surface area (Å²) in [6.07, 6.45) is 2.05. The van der Waals surface area contributed by atoms with E-state index in [2.05, 4.69) is 26.0 Å². The van der Waals surface area contributed by atoms with Gasteiger partial charge in [0.25, 0.3) is 0 Å². The molecular formula is C17H21NO2. The van der Waals surface area contributed by atoms with Gasteiger partial charge in [0.1, 0.15) is 5.69 Å². The standard InChI is InChI=1S/C17H21NO2/c1-4-20-17(19)16-10-15(13(2)3)12-18(16)11-14-8-6-5-7-9-14/h5-10,12-13H,4,11H2,1-3H3. The van der Waals surface area contributed by atoms with Crippen molar-refractivity contribution in [3.8, 4) is 0 Å². The summed E-state index contributed by atoms with van der Waals surface area (Å²) < 4.78 is 7.11. The number of rotatable bonds is 5. The van der Waals surface area contributed by atoms with Gasteiger partial charge in [-0.2, -0.15) is 0 Å². The Hall–Kier alpha value is -2.03. The van der Waals surface area contributed by atoms with Gasteiger partial charge in [-0.3, -0.25) is 0 Å². The Morgan fingerprint density at radius 3 is 2.55 bits per heavy atom. The number of aromatic nitrogens is 1. The normalized spacial score (nSPS) is 10.8. The van der Waals surface area contributed by atoms with Crippen LogP contribution in [0.3, 0.4) is 0 Å².